The molecule has 142 valence electrons. The second-order valence-corrected chi connectivity index (χ2v) is 7.07. The number of carbonyl (C=O) groups excluding carboxylic acids is 2. The number of hydrogen-bond acceptors (Lipinski definition) is 5. The molecule has 0 saturated carbocycles. The lowest BCUT2D eigenvalue weighted by Gasteiger charge is -2.44. The summed E-state index contributed by atoms with van der Waals surface area (Å²) >= 11 is 0. The molecule has 1 amide bonds. The quantitative estimate of drug-likeness (QED) is 0.818. The van der Waals surface area contributed by atoms with E-state index in [0.29, 0.717) is 24.3 Å². The Labute approximate surface area is 159 Å². The fourth-order valence-electron chi connectivity index (χ4n) is 3.58. The van der Waals surface area contributed by atoms with Crippen LogP contribution in [0.2, 0.25) is 0 Å². The number of amides is 1. The molecule has 1 aliphatic heterocycles. The van der Waals surface area contributed by atoms with E-state index in [-0.39, 0.29) is 23.8 Å². The predicted octanol–water partition coefficient (Wildman–Crippen LogP) is 1.99. The summed E-state index contributed by atoms with van der Waals surface area (Å²) in [6.07, 6.45) is 1.64. The molecule has 1 aromatic heterocycles. The van der Waals surface area contributed by atoms with E-state index < -0.39 is 6.61 Å². The van der Waals surface area contributed by atoms with Crippen molar-refractivity contribution in [2.24, 2.45) is 0 Å². The Morgan fingerprint density at radius 3 is 2.30 bits per heavy atom. The second-order valence-electron chi connectivity index (χ2n) is 7.07. The SMILES string of the molecule is C[C@@H]1CN(C(=O)c2ccccn2)C[C@H](C)N1Cc1ccc(C(=O)CO)cc1. The minimum atomic E-state index is -0.473. The Morgan fingerprint density at radius 2 is 1.74 bits per heavy atom. The Bertz CT molecular complexity index is 780. The highest BCUT2D eigenvalue weighted by Crippen LogP contribution is 2.20. The first-order valence-corrected chi connectivity index (χ1v) is 9.18. The Balaban J connectivity index is 1.65. The minimum Gasteiger partial charge on any atom is -0.388 e. The smallest absolute Gasteiger partial charge is 0.272 e. The Kier molecular flexibility index (Phi) is 5.98. The summed E-state index contributed by atoms with van der Waals surface area (Å²) in [5.41, 5.74) is 2.11. The van der Waals surface area contributed by atoms with E-state index in [9.17, 15) is 9.59 Å². The summed E-state index contributed by atoms with van der Waals surface area (Å²) in [4.78, 5) is 32.6. The summed E-state index contributed by atoms with van der Waals surface area (Å²) < 4.78 is 0. The van der Waals surface area contributed by atoms with Crippen LogP contribution in [0.3, 0.4) is 0 Å². The van der Waals surface area contributed by atoms with Crippen molar-refractivity contribution < 1.29 is 14.7 Å². The standard InChI is InChI=1S/C21H25N3O3/c1-15-11-23(21(27)19-5-3-4-10-22-19)12-16(2)24(15)13-17-6-8-18(9-7-17)20(26)14-25/h3-10,15-16,25H,11-14H2,1-2H3/t15-,16+. The molecular weight excluding hydrogens is 342 g/mol. The lowest BCUT2D eigenvalue weighted by atomic mass is 10.0. The van der Waals surface area contributed by atoms with E-state index >= 15 is 0 Å². The summed E-state index contributed by atoms with van der Waals surface area (Å²) in [5, 5.41) is 8.95. The van der Waals surface area contributed by atoms with Gasteiger partial charge in [-0.25, -0.2) is 0 Å². The molecular formula is C21H25N3O3. The van der Waals surface area contributed by atoms with E-state index in [1.54, 1.807) is 30.5 Å². The zero-order valence-electron chi connectivity index (χ0n) is 15.7. The zero-order valence-corrected chi connectivity index (χ0v) is 15.7. The fraction of sp³-hybridized carbons (Fsp3) is 0.381. The van der Waals surface area contributed by atoms with Crippen LogP contribution < -0.4 is 0 Å². The van der Waals surface area contributed by atoms with E-state index in [4.69, 9.17) is 5.11 Å². The average molecular weight is 367 g/mol. The number of hydrogen-bond donors (Lipinski definition) is 1. The van der Waals surface area contributed by atoms with Gasteiger partial charge in [0.2, 0.25) is 0 Å². The topological polar surface area (TPSA) is 73.7 Å². The average Bonchev–Trinajstić information content (AvgIpc) is 2.70. The first-order valence-electron chi connectivity index (χ1n) is 9.18. The molecule has 6 heteroatoms. The third-order valence-electron chi connectivity index (χ3n) is 5.06. The molecule has 3 rings (SSSR count). The number of carbonyl (C=O) groups is 2. The van der Waals surface area contributed by atoms with Crippen LogP contribution in [0, 0.1) is 0 Å². The number of aromatic nitrogens is 1. The second kappa shape index (κ2) is 8.41. The monoisotopic (exact) mass is 367 g/mol. The van der Waals surface area contributed by atoms with Crippen LogP contribution in [0.25, 0.3) is 0 Å². The number of aliphatic hydroxyl groups excluding tert-OH is 1. The Hall–Kier alpha value is -2.57. The van der Waals surface area contributed by atoms with Crippen molar-refractivity contribution in [2.45, 2.75) is 32.5 Å². The number of rotatable bonds is 5. The van der Waals surface area contributed by atoms with Crippen molar-refractivity contribution in [1.82, 2.24) is 14.8 Å². The van der Waals surface area contributed by atoms with E-state index in [2.05, 4.69) is 23.7 Å². The molecule has 0 aliphatic carbocycles. The molecule has 2 heterocycles. The zero-order chi connectivity index (χ0) is 19.4. The van der Waals surface area contributed by atoms with Crippen molar-refractivity contribution in [1.29, 1.82) is 0 Å². The van der Waals surface area contributed by atoms with Gasteiger partial charge in [0.05, 0.1) is 0 Å². The summed E-state index contributed by atoms with van der Waals surface area (Å²) in [5.74, 6) is -0.300. The largest absolute Gasteiger partial charge is 0.388 e. The van der Waals surface area contributed by atoms with E-state index in [1.807, 2.05) is 23.1 Å². The van der Waals surface area contributed by atoms with Gasteiger partial charge in [-0.05, 0) is 31.5 Å². The molecule has 1 fully saturated rings. The number of nitrogens with zero attached hydrogens (tertiary/aromatic N) is 3. The summed E-state index contributed by atoms with van der Waals surface area (Å²) in [6, 6.07) is 13.2. The molecule has 2 atom stereocenters. The van der Waals surface area contributed by atoms with Gasteiger partial charge in [-0.2, -0.15) is 0 Å². The molecule has 1 aliphatic rings. The molecule has 27 heavy (non-hydrogen) atoms. The lowest BCUT2D eigenvalue weighted by Crippen LogP contribution is -2.57. The number of benzene rings is 1. The highest BCUT2D eigenvalue weighted by atomic mass is 16.3. The van der Waals surface area contributed by atoms with Crippen LogP contribution in [0.4, 0.5) is 0 Å². The van der Waals surface area contributed by atoms with Gasteiger partial charge in [0.25, 0.3) is 5.91 Å². The lowest BCUT2D eigenvalue weighted by molar-refractivity contribution is 0.0266. The molecule has 1 N–H and O–H groups in total. The van der Waals surface area contributed by atoms with Crippen molar-refractivity contribution in [3.05, 3.63) is 65.5 Å². The number of Topliss-reactive ketones (excluding diaryl/α,β-unsaturated/α-hetero) is 1. The predicted molar refractivity (Wildman–Crippen MR) is 102 cm³/mol. The first kappa shape index (κ1) is 19.2. The third-order valence-corrected chi connectivity index (χ3v) is 5.06. The van der Waals surface area contributed by atoms with Crippen molar-refractivity contribution in [3.63, 3.8) is 0 Å². The number of ketones is 1. The van der Waals surface area contributed by atoms with Crippen LogP contribution in [0.1, 0.15) is 40.3 Å². The molecule has 0 bridgehead atoms. The van der Waals surface area contributed by atoms with Crippen molar-refractivity contribution in [3.8, 4) is 0 Å². The van der Waals surface area contributed by atoms with Gasteiger partial charge < -0.3 is 10.0 Å². The highest BCUT2D eigenvalue weighted by Gasteiger charge is 2.32. The van der Waals surface area contributed by atoms with Crippen molar-refractivity contribution in [2.75, 3.05) is 19.7 Å². The van der Waals surface area contributed by atoms with Gasteiger partial charge >= 0.3 is 0 Å². The fourth-order valence-corrected chi connectivity index (χ4v) is 3.58. The van der Waals surface area contributed by atoms with Crippen molar-refractivity contribution >= 4 is 11.7 Å². The molecule has 0 spiro atoms. The van der Waals surface area contributed by atoms with E-state index in [1.165, 1.54) is 0 Å². The van der Waals surface area contributed by atoms with Crippen LogP contribution >= 0.6 is 0 Å². The van der Waals surface area contributed by atoms with Gasteiger partial charge in [0, 0.05) is 43.5 Å². The maximum Gasteiger partial charge on any atom is 0.272 e. The maximum atomic E-state index is 12.7. The molecule has 2 aromatic rings. The van der Waals surface area contributed by atoms with Gasteiger partial charge in [0.1, 0.15) is 12.3 Å². The molecule has 1 aromatic carbocycles. The van der Waals surface area contributed by atoms with Crippen LogP contribution in [0.15, 0.2) is 48.7 Å². The number of aliphatic hydroxyl groups is 1. The summed E-state index contributed by atoms with van der Waals surface area (Å²) in [7, 11) is 0. The Morgan fingerprint density at radius 1 is 1.07 bits per heavy atom. The maximum absolute atomic E-state index is 12.7. The van der Waals surface area contributed by atoms with Crippen LogP contribution in [0.5, 0.6) is 0 Å². The van der Waals surface area contributed by atoms with Gasteiger partial charge in [-0.3, -0.25) is 19.5 Å². The van der Waals surface area contributed by atoms with E-state index in [0.717, 1.165) is 12.1 Å². The first-order chi connectivity index (χ1) is 13.0. The molecule has 1 saturated heterocycles. The third kappa shape index (κ3) is 4.40. The normalized spacial score (nSPS) is 20.5. The highest BCUT2D eigenvalue weighted by molar-refractivity contribution is 5.96. The number of pyridine rings is 1. The van der Waals surface area contributed by atoms with Gasteiger partial charge in [0.15, 0.2) is 5.78 Å². The molecule has 0 unspecified atom stereocenters. The molecule has 0 radical (unpaired) electrons. The van der Waals surface area contributed by atoms with Crippen LogP contribution in [-0.4, -0.2) is 63.4 Å². The molecule has 6 nitrogen and oxygen atoms in total. The summed E-state index contributed by atoms with van der Waals surface area (Å²) in [6.45, 7) is 5.83. The van der Waals surface area contributed by atoms with Gasteiger partial charge in [-0.1, -0.05) is 30.3 Å². The minimum absolute atomic E-state index is 0.0270. The van der Waals surface area contributed by atoms with Crippen LogP contribution in [-0.2, 0) is 6.54 Å². The van der Waals surface area contributed by atoms with Gasteiger partial charge in [-0.15, -0.1) is 0 Å². The number of piperazine rings is 1.